The smallest absolute Gasteiger partial charge is 0.0900 e. The molecule has 0 aliphatic carbocycles. The summed E-state index contributed by atoms with van der Waals surface area (Å²) < 4.78 is 3.21. The highest BCUT2D eigenvalue weighted by Gasteiger charge is 2.40. The molecule has 1 N–H and O–H groups in total. The minimum atomic E-state index is -0.453. The van der Waals surface area contributed by atoms with E-state index in [0.29, 0.717) is 0 Å². The predicted molar refractivity (Wildman–Crippen MR) is 80.1 cm³/mol. The topological polar surface area (TPSA) is 41.3 Å². The number of aromatic nitrogens is 2. The van der Waals surface area contributed by atoms with Crippen LogP contribution in [0.5, 0.6) is 0 Å². The molecule has 1 aromatic rings. The van der Waals surface area contributed by atoms with Gasteiger partial charge in [0.1, 0.15) is 0 Å². The number of halogens is 1. The van der Waals surface area contributed by atoms with Gasteiger partial charge < -0.3 is 5.11 Å². The average molecular weight is 330 g/mol. The van der Waals surface area contributed by atoms with Crippen molar-refractivity contribution in [3.05, 3.63) is 15.9 Å². The van der Waals surface area contributed by atoms with E-state index in [1.807, 2.05) is 0 Å². The van der Waals surface area contributed by atoms with E-state index in [9.17, 15) is 5.11 Å². The molecule has 0 radical (unpaired) electrons. The van der Waals surface area contributed by atoms with Crippen molar-refractivity contribution >= 4 is 15.9 Å². The summed E-state index contributed by atoms with van der Waals surface area (Å²) >= 11 is 3.67. The van der Waals surface area contributed by atoms with Crippen molar-refractivity contribution in [3.8, 4) is 0 Å². The summed E-state index contributed by atoms with van der Waals surface area (Å²) in [7, 11) is 0. The number of hydrogen-bond donors (Lipinski definition) is 1. The van der Waals surface area contributed by atoms with Crippen molar-refractivity contribution in [2.45, 2.75) is 58.7 Å². The zero-order valence-corrected chi connectivity index (χ0v) is 13.7. The van der Waals surface area contributed by atoms with E-state index < -0.39 is 5.60 Å². The predicted octanol–water partition coefficient (Wildman–Crippen LogP) is 2.57. The molecule has 2 heterocycles. The minimum absolute atomic E-state index is 0.453. The Labute approximate surface area is 123 Å². The number of likely N-dealkylation sites (tertiary alicyclic amines) is 1. The lowest BCUT2D eigenvalue weighted by atomic mass is 9.89. The summed E-state index contributed by atoms with van der Waals surface area (Å²) in [6, 6.07) is 0. The van der Waals surface area contributed by atoms with E-state index in [0.717, 1.165) is 55.6 Å². The number of aryl methyl sites for hydroxylation is 2. The third-order valence-corrected chi connectivity index (χ3v) is 4.73. The molecule has 1 saturated heterocycles. The summed E-state index contributed by atoms with van der Waals surface area (Å²) in [5.41, 5.74) is 1.91. The molecular weight excluding hydrogens is 306 g/mol. The number of nitrogens with zero attached hydrogens (tertiary/aromatic N) is 3. The summed E-state index contributed by atoms with van der Waals surface area (Å²) in [6.07, 6.45) is 2.89. The highest BCUT2D eigenvalue weighted by molar-refractivity contribution is 9.10. The van der Waals surface area contributed by atoms with Crippen LogP contribution >= 0.6 is 15.9 Å². The fourth-order valence-corrected chi connectivity index (χ4v) is 3.59. The second-order valence-corrected chi connectivity index (χ2v) is 6.29. The molecule has 0 spiro atoms. The Bertz CT molecular complexity index is 438. The lowest BCUT2D eigenvalue weighted by Crippen LogP contribution is -2.61. The van der Waals surface area contributed by atoms with Crippen LogP contribution in [0, 0.1) is 0 Å². The third kappa shape index (κ3) is 3.03. The molecule has 0 amide bonds. The quantitative estimate of drug-likeness (QED) is 0.872. The fourth-order valence-electron chi connectivity index (χ4n) is 2.90. The second-order valence-electron chi connectivity index (χ2n) is 5.50. The molecule has 0 aromatic carbocycles. The van der Waals surface area contributed by atoms with Crippen LogP contribution in [-0.4, -0.2) is 38.5 Å². The van der Waals surface area contributed by atoms with Crippen molar-refractivity contribution in [1.82, 2.24) is 14.7 Å². The Morgan fingerprint density at radius 3 is 2.53 bits per heavy atom. The van der Waals surface area contributed by atoms with E-state index in [-0.39, 0.29) is 0 Å². The maximum Gasteiger partial charge on any atom is 0.0900 e. The molecule has 0 atom stereocenters. The molecule has 1 aliphatic heterocycles. The van der Waals surface area contributed by atoms with Gasteiger partial charge >= 0.3 is 0 Å². The lowest BCUT2D eigenvalue weighted by Gasteiger charge is -2.46. The summed E-state index contributed by atoms with van der Waals surface area (Å²) in [6.45, 7) is 9.69. The summed E-state index contributed by atoms with van der Waals surface area (Å²) in [4.78, 5) is 2.29. The van der Waals surface area contributed by atoms with Crippen LogP contribution in [0.15, 0.2) is 4.47 Å². The van der Waals surface area contributed by atoms with Gasteiger partial charge in [-0.15, -0.1) is 0 Å². The Balaban J connectivity index is 2.03. The first-order chi connectivity index (χ1) is 9.03. The fraction of sp³-hybridized carbons (Fsp3) is 0.786. The van der Waals surface area contributed by atoms with E-state index in [4.69, 9.17) is 0 Å². The molecule has 4 nitrogen and oxygen atoms in total. The van der Waals surface area contributed by atoms with Crippen LogP contribution < -0.4 is 0 Å². The summed E-state index contributed by atoms with van der Waals surface area (Å²) in [5, 5.41) is 14.8. The Morgan fingerprint density at radius 1 is 1.32 bits per heavy atom. The molecule has 0 unspecified atom stereocenters. The van der Waals surface area contributed by atoms with Crippen molar-refractivity contribution in [2.24, 2.45) is 0 Å². The highest BCUT2D eigenvalue weighted by Crippen LogP contribution is 2.30. The maximum absolute atomic E-state index is 10.2. The molecule has 1 aromatic heterocycles. The van der Waals surface area contributed by atoms with Crippen LogP contribution in [0.4, 0.5) is 0 Å². The second kappa shape index (κ2) is 5.94. The van der Waals surface area contributed by atoms with Crippen molar-refractivity contribution in [1.29, 1.82) is 0 Å². The van der Waals surface area contributed by atoms with Gasteiger partial charge in [0, 0.05) is 26.2 Å². The molecule has 1 fully saturated rings. The van der Waals surface area contributed by atoms with Gasteiger partial charge in [-0.3, -0.25) is 9.58 Å². The molecule has 108 valence electrons. The molecule has 2 rings (SSSR count). The third-order valence-electron chi connectivity index (χ3n) is 3.82. The van der Waals surface area contributed by atoms with Gasteiger partial charge in [-0.05, 0) is 35.7 Å². The van der Waals surface area contributed by atoms with Crippen LogP contribution in [0.2, 0.25) is 0 Å². The Kier molecular flexibility index (Phi) is 4.69. The van der Waals surface area contributed by atoms with E-state index in [1.165, 1.54) is 5.69 Å². The van der Waals surface area contributed by atoms with Gasteiger partial charge in [0.25, 0.3) is 0 Å². The normalized spacial score (nSPS) is 18.6. The first-order valence-electron chi connectivity index (χ1n) is 7.21. The number of hydrogen-bond acceptors (Lipinski definition) is 3. The van der Waals surface area contributed by atoms with Crippen LogP contribution in [-0.2, 0) is 19.5 Å². The van der Waals surface area contributed by atoms with Crippen LogP contribution in [0.25, 0.3) is 0 Å². The molecular formula is C14H24BrN3O. The first-order valence-corrected chi connectivity index (χ1v) is 8.01. The first kappa shape index (κ1) is 15.0. The molecule has 0 saturated carbocycles. The molecule has 5 heteroatoms. The van der Waals surface area contributed by atoms with E-state index in [2.05, 4.69) is 51.4 Å². The van der Waals surface area contributed by atoms with Gasteiger partial charge in [0.2, 0.25) is 0 Å². The van der Waals surface area contributed by atoms with Gasteiger partial charge in [-0.1, -0.05) is 20.3 Å². The van der Waals surface area contributed by atoms with Crippen molar-refractivity contribution in [2.75, 3.05) is 13.1 Å². The Hall–Kier alpha value is -0.390. The summed E-state index contributed by atoms with van der Waals surface area (Å²) in [5.74, 6) is 0. The van der Waals surface area contributed by atoms with Crippen molar-refractivity contribution in [3.63, 3.8) is 0 Å². The highest BCUT2D eigenvalue weighted by atomic mass is 79.9. The molecule has 1 aliphatic rings. The monoisotopic (exact) mass is 329 g/mol. The zero-order valence-electron chi connectivity index (χ0n) is 12.1. The SMILES string of the molecule is CCCC1(O)CN(Cc2c(Br)c(CC)nn2CC)C1. The minimum Gasteiger partial charge on any atom is -0.387 e. The standard InChI is InChI=1S/C14H24BrN3O/c1-4-7-14(19)9-17(10-14)8-12-13(15)11(5-2)16-18(12)6-3/h19H,4-10H2,1-3H3. The maximum atomic E-state index is 10.2. The lowest BCUT2D eigenvalue weighted by molar-refractivity contribution is -0.107. The number of aliphatic hydroxyl groups is 1. The number of β-amino-alcohol motifs (C(OH)–C–C–N with tert-alkyl or cyclic N) is 1. The Morgan fingerprint density at radius 2 is 2.00 bits per heavy atom. The van der Waals surface area contributed by atoms with Gasteiger partial charge in [-0.2, -0.15) is 5.10 Å². The molecule has 0 bridgehead atoms. The van der Waals surface area contributed by atoms with Crippen molar-refractivity contribution < 1.29 is 5.11 Å². The van der Waals surface area contributed by atoms with Gasteiger partial charge in [0.15, 0.2) is 0 Å². The molecule has 19 heavy (non-hydrogen) atoms. The average Bonchev–Trinajstić information content (AvgIpc) is 2.64. The largest absolute Gasteiger partial charge is 0.387 e. The van der Waals surface area contributed by atoms with Crippen LogP contribution in [0.1, 0.15) is 45.0 Å². The number of rotatable bonds is 6. The zero-order chi connectivity index (χ0) is 14.0. The van der Waals surface area contributed by atoms with Gasteiger partial charge in [0.05, 0.1) is 21.5 Å². The van der Waals surface area contributed by atoms with Gasteiger partial charge in [-0.25, -0.2) is 0 Å². The van der Waals surface area contributed by atoms with E-state index >= 15 is 0 Å². The van der Waals surface area contributed by atoms with Crippen LogP contribution in [0.3, 0.4) is 0 Å². The van der Waals surface area contributed by atoms with E-state index in [1.54, 1.807) is 0 Å².